The number of benzene rings is 1. The molecule has 0 aliphatic carbocycles. The zero-order chi connectivity index (χ0) is 18.0. The monoisotopic (exact) mass is 377 g/mol. The molecule has 0 atom stereocenters. The molecule has 0 bridgehead atoms. The molecule has 2 heterocycles. The fourth-order valence-electron chi connectivity index (χ4n) is 2.13. The van der Waals surface area contributed by atoms with Crippen molar-refractivity contribution in [1.82, 2.24) is 10.1 Å². The van der Waals surface area contributed by atoms with Crippen LogP contribution in [0.25, 0.3) is 0 Å². The van der Waals surface area contributed by atoms with Crippen LogP contribution in [0.5, 0.6) is 5.75 Å². The van der Waals surface area contributed by atoms with E-state index in [1.165, 1.54) is 11.3 Å². The van der Waals surface area contributed by atoms with Gasteiger partial charge in [0.2, 0.25) is 0 Å². The fraction of sp³-hybridized carbons (Fsp3) is 0.235. The Hall–Kier alpha value is -2.38. The first-order valence-electron chi connectivity index (χ1n) is 7.53. The molecule has 1 N–H and O–H groups in total. The molecule has 6 nitrogen and oxygen atoms in total. The van der Waals surface area contributed by atoms with Gasteiger partial charge in [0.25, 0.3) is 5.91 Å². The van der Waals surface area contributed by atoms with Crippen LogP contribution in [0.4, 0.5) is 5.13 Å². The predicted octanol–water partition coefficient (Wildman–Crippen LogP) is 4.54. The van der Waals surface area contributed by atoms with Crippen LogP contribution < -0.4 is 10.1 Å². The van der Waals surface area contributed by atoms with Crippen molar-refractivity contribution in [1.29, 1.82) is 0 Å². The number of hydrogen-bond acceptors (Lipinski definition) is 6. The standard InChI is InChI=1S/C17H16ClN3O3S/c1-9-11(3)25-17(19-9)20-16(22)15-14(10(2)24-21-15)8-23-13-6-4-5-12(18)7-13/h4-7H,8H2,1-3H3,(H,19,20,22). The Morgan fingerprint density at radius 3 is 2.84 bits per heavy atom. The summed E-state index contributed by atoms with van der Waals surface area (Å²) in [6.07, 6.45) is 0. The largest absolute Gasteiger partial charge is 0.489 e. The van der Waals surface area contributed by atoms with Gasteiger partial charge in [-0.15, -0.1) is 11.3 Å². The van der Waals surface area contributed by atoms with Crippen molar-refractivity contribution in [3.05, 3.63) is 56.9 Å². The lowest BCUT2D eigenvalue weighted by Gasteiger charge is -2.07. The van der Waals surface area contributed by atoms with Gasteiger partial charge < -0.3 is 9.26 Å². The summed E-state index contributed by atoms with van der Waals surface area (Å²) in [6.45, 7) is 5.73. The maximum atomic E-state index is 12.5. The van der Waals surface area contributed by atoms with Gasteiger partial charge >= 0.3 is 0 Å². The smallest absolute Gasteiger partial charge is 0.280 e. The maximum Gasteiger partial charge on any atom is 0.280 e. The van der Waals surface area contributed by atoms with Gasteiger partial charge in [-0.2, -0.15) is 0 Å². The zero-order valence-corrected chi connectivity index (χ0v) is 15.5. The Labute approximate surface area is 153 Å². The molecular formula is C17H16ClN3O3S. The Bertz CT molecular complexity index is 900. The fourth-order valence-corrected chi connectivity index (χ4v) is 3.12. The number of amides is 1. The van der Waals surface area contributed by atoms with Gasteiger partial charge in [0.1, 0.15) is 18.1 Å². The topological polar surface area (TPSA) is 77.3 Å². The molecule has 0 aliphatic rings. The Morgan fingerprint density at radius 1 is 1.36 bits per heavy atom. The highest BCUT2D eigenvalue weighted by Crippen LogP contribution is 2.24. The molecule has 0 fully saturated rings. The van der Waals surface area contributed by atoms with E-state index in [4.69, 9.17) is 20.9 Å². The van der Waals surface area contributed by atoms with Gasteiger partial charge in [-0.05, 0) is 39.0 Å². The summed E-state index contributed by atoms with van der Waals surface area (Å²) in [5.41, 5.74) is 1.66. The van der Waals surface area contributed by atoms with Crippen LogP contribution in [0.3, 0.4) is 0 Å². The number of carbonyl (C=O) groups is 1. The molecule has 8 heteroatoms. The van der Waals surface area contributed by atoms with Crippen molar-refractivity contribution in [3.8, 4) is 5.75 Å². The highest BCUT2D eigenvalue weighted by Gasteiger charge is 2.21. The molecule has 3 aromatic rings. The lowest BCUT2D eigenvalue weighted by atomic mass is 10.2. The molecule has 0 aliphatic heterocycles. The van der Waals surface area contributed by atoms with E-state index in [-0.39, 0.29) is 18.2 Å². The number of nitrogens with one attached hydrogen (secondary N) is 1. The number of carbonyl (C=O) groups excluding carboxylic acids is 1. The number of aryl methyl sites for hydroxylation is 3. The summed E-state index contributed by atoms with van der Waals surface area (Å²) < 4.78 is 10.9. The van der Waals surface area contributed by atoms with Crippen LogP contribution in [0.1, 0.15) is 32.4 Å². The molecule has 3 rings (SSSR count). The summed E-state index contributed by atoms with van der Waals surface area (Å²) in [5, 5.41) is 7.71. The van der Waals surface area contributed by atoms with E-state index >= 15 is 0 Å². The van der Waals surface area contributed by atoms with Gasteiger partial charge in [0.15, 0.2) is 10.8 Å². The maximum absolute atomic E-state index is 12.5. The quantitative estimate of drug-likeness (QED) is 0.706. The summed E-state index contributed by atoms with van der Waals surface area (Å²) in [7, 11) is 0. The number of ether oxygens (including phenoxy) is 1. The SMILES string of the molecule is Cc1nc(NC(=O)c2noc(C)c2COc2cccc(Cl)c2)sc1C. The normalized spacial score (nSPS) is 10.7. The van der Waals surface area contributed by atoms with Gasteiger partial charge in [-0.25, -0.2) is 4.98 Å². The Morgan fingerprint density at radius 2 is 2.16 bits per heavy atom. The molecule has 0 saturated heterocycles. The third-order valence-corrected chi connectivity index (χ3v) is 4.85. The van der Waals surface area contributed by atoms with Crippen LogP contribution in [0.2, 0.25) is 5.02 Å². The van der Waals surface area contributed by atoms with Gasteiger partial charge in [0, 0.05) is 9.90 Å². The molecule has 0 unspecified atom stereocenters. The third kappa shape index (κ3) is 4.00. The number of anilines is 1. The number of rotatable bonds is 5. The first-order chi connectivity index (χ1) is 11.9. The van der Waals surface area contributed by atoms with Crippen LogP contribution in [-0.2, 0) is 6.61 Å². The van der Waals surface area contributed by atoms with E-state index in [0.717, 1.165) is 10.6 Å². The second-order valence-electron chi connectivity index (χ2n) is 5.43. The van der Waals surface area contributed by atoms with E-state index in [0.29, 0.717) is 27.2 Å². The van der Waals surface area contributed by atoms with Crippen molar-refractivity contribution in [2.24, 2.45) is 0 Å². The zero-order valence-electron chi connectivity index (χ0n) is 13.9. The number of nitrogens with zero attached hydrogens (tertiary/aromatic N) is 2. The summed E-state index contributed by atoms with van der Waals surface area (Å²) in [6, 6.07) is 7.04. The lowest BCUT2D eigenvalue weighted by molar-refractivity contribution is 0.101. The van der Waals surface area contributed by atoms with Crippen molar-refractivity contribution < 1.29 is 14.1 Å². The molecule has 0 spiro atoms. The highest BCUT2D eigenvalue weighted by atomic mass is 35.5. The second kappa shape index (κ2) is 7.25. The van der Waals surface area contributed by atoms with Crippen LogP contribution in [-0.4, -0.2) is 16.0 Å². The van der Waals surface area contributed by atoms with E-state index in [2.05, 4.69) is 15.5 Å². The van der Waals surface area contributed by atoms with E-state index in [1.807, 2.05) is 13.8 Å². The summed E-state index contributed by atoms with van der Waals surface area (Å²) >= 11 is 7.36. The van der Waals surface area contributed by atoms with Crippen molar-refractivity contribution in [2.75, 3.05) is 5.32 Å². The van der Waals surface area contributed by atoms with Crippen molar-refractivity contribution >= 4 is 34.0 Å². The van der Waals surface area contributed by atoms with E-state index in [1.54, 1.807) is 31.2 Å². The molecular weight excluding hydrogens is 362 g/mol. The minimum Gasteiger partial charge on any atom is -0.489 e. The predicted molar refractivity (Wildman–Crippen MR) is 96.6 cm³/mol. The minimum atomic E-state index is -0.379. The lowest BCUT2D eigenvalue weighted by Crippen LogP contribution is -2.15. The second-order valence-corrected chi connectivity index (χ2v) is 7.07. The Balaban J connectivity index is 1.75. The van der Waals surface area contributed by atoms with Crippen LogP contribution >= 0.6 is 22.9 Å². The van der Waals surface area contributed by atoms with Gasteiger partial charge in [0.05, 0.1) is 11.3 Å². The van der Waals surface area contributed by atoms with Gasteiger partial charge in [-0.3, -0.25) is 10.1 Å². The minimum absolute atomic E-state index is 0.147. The van der Waals surface area contributed by atoms with Crippen LogP contribution in [0, 0.1) is 20.8 Å². The van der Waals surface area contributed by atoms with E-state index < -0.39 is 0 Å². The number of thiazole rings is 1. The molecule has 0 saturated carbocycles. The molecule has 25 heavy (non-hydrogen) atoms. The summed E-state index contributed by atoms with van der Waals surface area (Å²) in [4.78, 5) is 17.8. The van der Waals surface area contributed by atoms with Gasteiger partial charge in [-0.1, -0.05) is 22.8 Å². The van der Waals surface area contributed by atoms with Crippen molar-refractivity contribution in [3.63, 3.8) is 0 Å². The average molecular weight is 378 g/mol. The molecule has 130 valence electrons. The van der Waals surface area contributed by atoms with E-state index in [9.17, 15) is 4.79 Å². The first-order valence-corrected chi connectivity index (χ1v) is 8.72. The molecule has 0 radical (unpaired) electrons. The highest BCUT2D eigenvalue weighted by molar-refractivity contribution is 7.15. The van der Waals surface area contributed by atoms with Crippen molar-refractivity contribution in [2.45, 2.75) is 27.4 Å². The molecule has 1 amide bonds. The number of hydrogen-bond donors (Lipinski definition) is 1. The van der Waals surface area contributed by atoms with Crippen LogP contribution in [0.15, 0.2) is 28.8 Å². The summed E-state index contributed by atoms with van der Waals surface area (Å²) in [5.74, 6) is 0.750. The first kappa shape index (κ1) is 17.4. The molecule has 1 aromatic carbocycles. The molecule has 2 aromatic heterocycles. The average Bonchev–Trinajstić information content (AvgIpc) is 3.08. The Kier molecular flexibility index (Phi) is 5.06. The number of halogens is 1. The third-order valence-electron chi connectivity index (χ3n) is 3.63. The number of aromatic nitrogens is 2.